The Labute approximate surface area is 183 Å². The number of aromatic nitrogens is 2. The summed E-state index contributed by atoms with van der Waals surface area (Å²) in [6, 6.07) is 5.99. The van der Waals surface area contributed by atoms with Crippen molar-refractivity contribution >= 4 is 22.6 Å². The largest absolute Gasteiger partial charge is 0.493 e. The van der Waals surface area contributed by atoms with Crippen molar-refractivity contribution in [3.05, 3.63) is 29.6 Å². The molecule has 0 radical (unpaired) electrons. The lowest BCUT2D eigenvalue weighted by atomic mass is 10.2. The molecule has 0 bridgehead atoms. The van der Waals surface area contributed by atoms with Gasteiger partial charge in [0.25, 0.3) is 0 Å². The van der Waals surface area contributed by atoms with Crippen LogP contribution in [0.5, 0.6) is 11.5 Å². The monoisotopic (exact) mass is 432 g/mol. The number of aryl methyl sites for hydroxylation is 1. The van der Waals surface area contributed by atoms with E-state index in [1.54, 1.807) is 7.11 Å². The van der Waals surface area contributed by atoms with Gasteiger partial charge in [-0.1, -0.05) is 13.0 Å². The maximum atomic E-state index is 5.60. The van der Waals surface area contributed by atoms with Crippen molar-refractivity contribution in [1.29, 1.82) is 0 Å². The van der Waals surface area contributed by atoms with Gasteiger partial charge in [0.2, 0.25) is 5.13 Å². The maximum Gasteiger partial charge on any atom is 0.205 e. The predicted octanol–water partition coefficient (Wildman–Crippen LogP) is 2.80. The van der Waals surface area contributed by atoms with Gasteiger partial charge in [-0.15, -0.1) is 0 Å². The van der Waals surface area contributed by atoms with Gasteiger partial charge in [-0.25, -0.2) is 9.98 Å². The van der Waals surface area contributed by atoms with Crippen LogP contribution < -0.4 is 19.7 Å². The summed E-state index contributed by atoms with van der Waals surface area (Å²) in [5.74, 6) is 3.37. The fraction of sp³-hybridized carbons (Fsp3) is 0.571. The molecule has 1 aromatic heterocycles. The predicted molar refractivity (Wildman–Crippen MR) is 122 cm³/mol. The molecule has 1 aliphatic rings. The van der Waals surface area contributed by atoms with E-state index in [4.69, 9.17) is 14.5 Å². The normalized spacial score (nSPS) is 14.7. The van der Waals surface area contributed by atoms with Crippen LogP contribution in [0, 0.1) is 0 Å². The summed E-state index contributed by atoms with van der Waals surface area (Å²) in [5.41, 5.74) is 1.09. The third-order valence-corrected chi connectivity index (χ3v) is 5.71. The first-order valence-corrected chi connectivity index (χ1v) is 11.4. The van der Waals surface area contributed by atoms with Crippen LogP contribution in [0.2, 0.25) is 0 Å². The molecule has 0 atom stereocenters. The Bertz CT molecular complexity index is 833. The van der Waals surface area contributed by atoms with Crippen LogP contribution in [0.1, 0.15) is 32.2 Å². The van der Waals surface area contributed by atoms with E-state index in [1.165, 1.54) is 11.5 Å². The first-order valence-electron chi connectivity index (χ1n) is 10.6. The van der Waals surface area contributed by atoms with Crippen molar-refractivity contribution in [1.82, 2.24) is 19.6 Å². The number of methoxy groups -OCH3 is 1. The van der Waals surface area contributed by atoms with Gasteiger partial charge in [0.05, 0.1) is 20.3 Å². The summed E-state index contributed by atoms with van der Waals surface area (Å²) in [5, 5.41) is 4.45. The molecule has 0 saturated carbocycles. The van der Waals surface area contributed by atoms with E-state index in [2.05, 4.69) is 38.3 Å². The number of nitrogens with one attached hydrogen (secondary N) is 1. The van der Waals surface area contributed by atoms with Crippen molar-refractivity contribution in [3.63, 3.8) is 0 Å². The SMILES string of the molecule is CCNC(=NCc1ccc(OCC)c(OC)c1)N1CCN(c2nc(CC)ns2)CC1. The first-order chi connectivity index (χ1) is 14.7. The number of anilines is 1. The number of piperazine rings is 1. The summed E-state index contributed by atoms with van der Waals surface area (Å²) >= 11 is 1.49. The van der Waals surface area contributed by atoms with E-state index in [1.807, 2.05) is 25.1 Å². The minimum absolute atomic E-state index is 0.585. The number of hydrogen-bond donors (Lipinski definition) is 1. The molecule has 0 unspecified atom stereocenters. The van der Waals surface area contributed by atoms with Crippen molar-refractivity contribution < 1.29 is 9.47 Å². The molecule has 0 amide bonds. The summed E-state index contributed by atoms with van der Waals surface area (Å²) < 4.78 is 15.5. The molecular weight excluding hydrogens is 400 g/mol. The lowest BCUT2D eigenvalue weighted by molar-refractivity contribution is 0.310. The first kappa shape index (κ1) is 22.1. The second kappa shape index (κ2) is 11.0. The molecular formula is C21H32N6O2S. The molecule has 0 spiro atoms. The third kappa shape index (κ3) is 5.53. The van der Waals surface area contributed by atoms with E-state index >= 15 is 0 Å². The Kier molecular flexibility index (Phi) is 8.12. The zero-order chi connectivity index (χ0) is 21.3. The van der Waals surface area contributed by atoms with E-state index in [0.717, 1.165) is 73.1 Å². The van der Waals surface area contributed by atoms with Gasteiger partial charge in [0, 0.05) is 50.7 Å². The van der Waals surface area contributed by atoms with E-state index in [-0.39, 0.29) is 0 Å². The number of aliphatic imine (C=N–C) groups is 1. The number of benzene rings is 1. The molecule has 8 nitrogen and oxygen atoms in total. The summed E-state index contributed by atoms with van der Waals surface area (Å²) in [6.07, 6.45) is 0.879. The van der Waals surface area contributed by atoms with Crippen molar-refractivity contribution in [3.8, 4) is 11.5 Å². The molecule has 1 saturated heterocycles. The third-order valence-electron chi connectivity index (χ3n) is 4.90. The zero-order valence-corrected chi connectivity index (χ0v) is 19.2. The molecule has 9 heteroatoms. The minimum Gasteiger partial charge on any atom is -0.493 e. The Morgan fingerprint density at radius 1 is 1.17 bits per heavy atom. The summed E-state index contributed by atoms with van der Waals surface area (Å²) in [7, 11) is 1.66. The van der Waals surface area contributed by atoms with Gasteiger partial charge in [-0.05, 0) is 31.5 Å². The van der Waals surface area contributed by atoms with Crippen LogP contribution in [-0.4, -0.2) is 66.7 Å². The highest BCUT2D eigenvalue weighted by atomic mass is 32.1. The smallest absolute Gasteiger partial charge is 0.205 e. The lowest BCUT2D eigenvalue weighted by Crippen LogP contribution is -2.52. The highest BCUT2D eigenvalue weighted by molar-refractivity contribution is 7.09. The number of nitrogens with zero attached hydrogens (tertiary/aromatic N) is 5. The molecule has 164 valence electrons. The second-order valence-electron chi connectivity index (χ2n) is 6.91. The fourth-order valence-electron chi connectivity index (χ4n) is 3.30. The quantitative estimate of drug-likeness (QED) is 0.508. The van der Waals surface area contributed by atoms with Crippen LogP contribution >= 0.6 is 11.5 Å². The highest BCUT2D eigenvalue weighted by Crippen LogP contribution is 2.28. The van der Waals surface area contributed by atoms with Crippen LogP contribution in [0.15, 0.2) is 23.2 Å². The Hall–Kier alpha value is -2.55. The summed E-state index contributed by atoms with van der Waals surface area (Å²) in [4.78, 5) is 14.1. The molecule has 3 rings (SSSR count). The number of hydrogen-bond acceptors (Lipinski definition) is 7. The molecule has 2 aromatic rings. The van der Waals surface area contributed by atoms with Gasteiger partial charge in [0.1, 0.15) is 5.82 Å². The molecule has 2 heterocycles. The fourth-order valence-corrected chi connectivity index (χ4v) is 4.10. The van der Waals surface area contributed by atoms with E-state index < -0.39 is 0 Å². The van der Waals surface area contributed by atoms with E-state index in [0.29, 0.717) is 13.2 Å². The highest BCUT2D eigenvalue weighted by Gasteiger charge is 2.22. The van der Waals surface area contributed by atoms with Crippen molar-refractivity contribution in [2.45, 2.75) is 33.7 Å². The Balaban J connectivity index is 1.63. The Morgan fingerprint density at radius 3 is 2.60 bits per heavy atom. The van der Waals surface area contributed by atoms with Gasteiger partial charge in [-0.2, -0.15) is 4.37 Å². The van der Waals surface area contributed by atoms with E-state index in [9.17, 15) is 0 Å². The zero-order valence-electron chi connectivity index (χ0n) is 18.3. The van der Waals surface area contributed by atoms with Gasteiger partial charge in [-0.3, -0.25) is 0 Å². The lowest BCUT2D eigenvalue weighted by Gasteiger charge is -2.36. The minimum atomic E-state index is 0.585. The average molecular weight is 433 g/mol. The molecule has 30 heavy (non-hydrogen) atoms. The molecule has 0 aliphatic carbocycles. The van der Waals surface area contributed by atoms with Crippen LogP contribution in [-0.2, 0) is 13.0 Å². The van der Waals surface area contributed by atoms with Gasteiger partial charge < -0.3 is 24.6 Å². The molecule has 1 aliphatic heterocycles. The van der Waals surface area contributed by atoms with Gasteiger partial charge in [0.15, 0.2) is 17.5 Å². The summed E-state index contributed by atoms with van der Waals surface area (Å²) in [6.45, 7) is 11.8. The second-order valence-corrected chi connectivity index (χ2v) is 7.64. The van der Waals surface area contributed by atoms with Crippen molar-refractivity contribution in [2.75, 3.05) is 51.3 Å². The average Bonchev–Trinajstić information content (AvgIpc) is 3.27. The van der Waals surface area contributed by atoms with Crippen molar-refractivity contribution in [2.24, 2.45) is 4.99 Å². The molecule has 1 N–H and O–H groups in total. The Morgan fingerprint density at radius 2 is 1.97 bits per heavy atom. The number of ether oxygens (including phenoxy) is 2. The number of rotatable bonds is 8. The molecule has 1 aromatic carbocycles. The number of guanidine groups is 1. The molecule has 1 fully saturated rings. The topological polar surface area (TPSA) is 75.1 Å². The van der Waals surface area contributed by atoms with Gasteiger partial charge >= 0.3 is 0 Å². The maximum absolute atomic E-state index is 5.60. The van der Waals surface area contributed by atoms with Crippen LogP contribution in [0.4, 0.5) is 5.13 Å². The van der Waals surface area contributed by atoms with Crippen LogP contribution in [0.3, 0.4) is 0 Å². The van der Waals surface area contributed by atoms with Crippen LogP contribution in [0.25, 0.3) is 0 Å². The standard InChI is InChI=1S/C21H32N6O2S/c1-5-19-24-21(30-25-19)27-12-10-26(11-13-27)20(22-6-2)23-15-16-8-9-17(29-7-3)18(14-16)28-4/h8-9,14H,5-7,10-13,15H2,1-4H3,(H,22,23).